The second kappa shape index (κ2) is 41.2. The van der Waals surface area contributed by atoms with Crippen molar-refractivity contribution in [1.29, 1.82) is 0 Å². The fourth-order valence-electron chi connectivity index (χ4n) is 8.16. The molecule has 0 radical (unpaired) electrons. The van der Waals surface area contributed by atoms with Crippen molar-refractivity contribution in [2.24, 2.45) is 0 Å². The van der Waals surface area contributed by atoms with Crippen LogP contribution in [-0.4, -0.2) is 95.4 Å². The number of aliphatic hydroxyl groups is 4. The summed E-state index contributed by atoms with van der Waals surface area (Å²) in [5.74, 6) is -0.267. The minimum Gasteiger partial charge on any atom is -0.726 e. The zero-order chi connectivity index (χ0) is 44.8. The van der Waals surface area contributed by atoms with Crippen LogP contribution in [0.25, 0.3) is 0 Å². The van der Waals surface area contributed by atoms with Gasteiger partial charge in [-0.05, 0) is 19.3 Å². The third-order valence-corrected chi connectivity index (χ3v) is 12.5. The molecule has 9 N–H and O–H groups in total. The molecule has 370 valence electrons. The lowest BCUT2D eigenvalue weighted by Gasteiger charge is -2.42. The molecule has 0 bridgehead atoms. The van der Waals surface area contributed by atoms with Gasteiger partial charge in [-0.25, -0.2) is 8.42 Å². The predicted octanol–water partition coefficient (Wildman–Crippen LogP) is 10.4. The van der Waals surface area contributed by atoms with E-state index in [1.54, 1.807) is 6.08 Å². The largest absolute Gasteiger partial charge is 0.726 e. The van der Waals surface area contributed by atoms with Crippen molar-refractivity contribution in [3.8, 4) is 0 Å². The molecule has 0 aromatic carbocycles. The van der Waals surface area contributed by atoms with Gasteiger partial charge in [0.2, 0.25) is 16.3 Å². The van der Waals surface area contributed by atoms with Crippen LogP contribution in [0, 0.1) is 0 Å². The summed E-state index contributed by atoms with van der Waals surface area (Å²) in [6, 6.07) is -0.950. The molecule has 7 atom stereocenters. The monoisotopic (exact) mass is 909 g/mol. The van der Waals surface area contributed by atoms with Crippen molar-refractivity contribution in [2.45, 2.75) is 275 Å². The molecule has 14 heteroatoms. The molecule has 62 heavy (non-hydrogen) atoms. The number of carbonyl (C=O) groups is 1. The number of amides is 1. The van der Waals surface area contributed by atoms with Crippen molar-refractivity contribution < 1.29 is 51.8 Å². The van der Waals surface area contributed by atoms with Crippen LogP contribution in [0.1, 0.15) is 232 Å². The Labute approximate surface area is 378 Å². The third kappa shape index (κ3) is 33.3. The fraction of sp³-hybridized carbons (Fsp3) is 0.938. The molecular weight excluding hydrogens is 813 g/mol. The first-order valence-corrected chi connectivity index (χ1v) is 26.4. The number of quaternary nitrogens is 1. The summed E-state index contributed by atoms with van der Waals surface area (Å²) in [6.07, 6.45) is 35.1. The van der Waals surface area contributed by atoms with E-state index in [2.05, 4.69) is 23.3 Å². The number of rotatable bonds is 43. The first-order valence-electron chi connectivity index (χ1n) is 25.1. The zero-order valence-electron chi connectivity index (χ0n) is 39.7. The Morgan fingerprint density at radius 2 is 1.05 bits per heavy atom. The first-order chi connectivity index (χ1) is 29.5. The topological polar surface area (TPSA) is 231 Å². The highest BCUT2D eigenvalue weighted by Gasteiger charge is 2.47. The number of unbranched alkanes of at least 4 members (excludes halogenated alkanes) is 31. The molecule has 7 unspecified atom stereocenters. The van der Waals surface area contributed by atoms with Crippen molar-refractivity contribution in [1.82, 2.24) is 11.5 Å². The maximum Gasteiger partial charge on any atom is 0.220 e. The van der Waals surface area contributed by atoms with Crippen molar-refractivity contribution in [3.05, 3.63) is 12.2 Å². The first kappa shape index (κ1) is 60.8. The maximum atomic E-state index is 13.0. The number of allylic oxidation sites excluding steroid dienone is 1. The highest BCUT2D eigenvalue weighted by molar-refractivity contribution is 7.80. The number of hydrogen-bond acceptors (Lipinski definition) is 11. The zero-order valence-corrected chi connectivity index (χ0v) is 40.5. The number of aliphatic hydroxyl groups excluding tert-OH is 4. The van der Waals surface area contributed by atoms with Crippen LogP contribution in [0.15, 0.2) is 12.2 Å². The summed E-state index contributed by atoms with van der Waals surface area (Å²) >= 11 is 0. The van der Waals surface area contributed by atoms with Crippen LogP contribution < -0.4 is 11.5 Å². The van der Waals surface area contributed by atoms with Gasteiger partial charge in [0.05, 0.1) is 25.4 Å². The van der Waals surface area contributed by atoms with E-state index in [0.29, 0.717) is 6.42 Å². The van der Waals surface area contributed by atoms with Crippen molar-refractivity contribution >= 4 is 16.3 Å². The number of carbonyl (C=O) groups excluding carboxylic acids is 1. The molecule has 1 rings (SSSR count). The van der Waals surface area contributed by atoms with Gasteiger partial charge in [-0.1, -0.05) is 219 Å². The normalized spacial score (nSPS) is 20.3. The predicted molar refractivity (Wildman–Crippen MR) is 250 cm³/mol. The summed E-state index contributed by atoms with van der Waals surface area (Å²) in [5, 5.41) is 44.6. The van der Waals surface area contributed by atoms with Gasteiger partial charge in [-0.3, -0.25) is 8.98 Å². The second-order valence-corrected chi connectivity index (χ2v) is 18.8. The smallest absolute Gasteiger partial charge is 0.220 e. The Morgan fingerprint density at radius 3 is 1.44 bits per heavy atom. The molecule has 0 saturated carbocycles. The van der Waals surface area contributed by atoms with Crippen LogP contribution in [0.4, 0.5) is 0 Å². The molecule has 1 heterocycles. The van der Waals surface area contributed by atoms with Gasteiger partial charge in [-0.15, -0.1) is 0 Å². The molecule has 0 spiro atoms. The molecule has 1 aliphatic heterocycles. The van der Waals surface area contributed by atoms with E-state index in [9.17, 15) is 38.2 Å². The molecule has 0 aromatic rings. The van der Waals surface area contributed by atoms with Crippen molar-refractivity contribution in [3.63, 3.8) is 0 Å². The summed E-state index contributed by atoms with van der Waals surface area (Å²) in [6.45, 7) is 3.36. The highest BCUT2D eigenvalue weighted by Crippen LogP contribution is 2.26. The van der Waals surface area contributed by atoms with Crippen LogP contribution >= 0.6 is 0 Å². The van der Waals surface area contributed by atoms with Crippen LogP contribution in [0.2, 0.25) is 0 Å². The Morgan fingerprint density at radius 1 is 0.661 bits per heavy atom. The number of ether oxygens (including phenoxy) is 2. The average Bonchev–Trinajstić information content (AvgIpc) is 3.23. The van der Waals surface area contributed by atoms with Gasteiger partial charge < -0.3 is 45.9 Å². The van der Waals surface area contributed by atoms with Gasteiger partial charge in [0.25, 0.3) is 0 Å². The molecule has 1 amide bonds. The van der Waals surface area contributed by atoms with Crippen LogP contribution in [0.3, 0.4) is 0 Å². The van der Waals surface area contributed by atoms with E-state index in [-0.39, 0.29) is 25.1 Å². The van der Waals surface area contributed by atoms with E-state index in [4.69, 9.17) is 9.47 Å². The van der Waals surface area contributed by atoms with Crippen molar-refractivity contribution in [2.75, 3.05) is 13.2 Å². The van der Waals surface area contributed by atoms with Gasteiger partial charge >= 0.3 is 0 Å². The average molecular weight is 909 g/mol. The van der Waals surface area contributed by atoms with E-state index in [1.807, 2.05) is 6.08 Å². The summed E-state index contributed by atoms with van der Waals surface area (Å²) in [7, 11) is -5.33. The Bertz CT molecular complexity index is 1150. The summed E-state index contributed by atoms with van der Waals surface area (Å²) in [5.41, 5.74) is 0. The standard InChI is InChI=1S/C48H93NO11S.H3N/c1-3-5-7-9-11-13-15-17-18-19-20-21-22-23-24-26-28-30-32-34-36-38-44(52)49-41(42(51)37-35-33-31-29-27-25-16-14-12-10-8-6-4-2)40-58-48-46(54)47(60-61(55,56)57)45(53)43(39-50)59-48;/h35,37,41-43,45-48,50-51,53-54H,3-34,36,38-40H2,1-2H3,(H,49,52)(H,55,56,57);1H3/b37-35+;. The summed E-state index contributed by atoms with van der Waals surface area (Å²) < 4.78 is 49.4. The van der Waals surface area contributed by atoms with Crippen LogP contribution in [-0.2, 0) is 28.9 Å². The second-order valence-electron chi connectivity index (χ2n) is 17.7. The van der Waals surface area contributed by atoms with Crippen LogP contribution in [0.5, 0.6) is 0 Å². The Hall–Kier alpha value is -1.20. The minimum atomic E-state index is -5.33. The van der Waals surface area contributed by atoms with Gasteiger partial charge in [0.15, 0.2) is 6.29 Å². The maximum absolute atomic E-state index is 13.0. The molecule has 1 fully saturated rings. The highest BCUT2D eigenvalue weighted by atomic mass is 32.3. The molecule has 0 aliphatic carbocycles. The molecule has 1 saturated heterocycles. The lowest BCUT2D eigenvalue weighted by molar-refractivity contribution is -0.298. The lowest BCUT2D eigenvalue weighted by Crippen LogP contribution is -2.61. The lowest BCUT2D eigenvalue weighted by atomic mass is 9.99. The Kier molecular flexibility index (Phi) is 40.4. The van der Waals surface area contributed by atoms with E-state index in [1.165, 1.54) is 167 Å². The molecule has 13 nitrogen and oxygen atoms in total. The minimum absolute atomic E-state index is 0. The fourth-order valence-corrected chi connectivity index (χ4v) is 8.66. The summed E-state index contributed by atoms with van der Waals surface area (Å²) in [4.78, 5) is 13.0. The third-order valence-electron chi connectivity index (χ3n) is 12.1. The van der Waals surface area contributed by atoms with E-state index < -0.39 is 59.9 Å². The van der Waals surface area contributed by atoms with E-state index >= 15 is 0 Å². The molecule has 1 aliphatic rings. The quantitative estimate of drug-likeness (QED) is 0.0146. The Balaban J connectivity index is 0.0000372. The molecular formula is C48H96N2O11S. The number of nitrogens with one attached hydrogen (secondary N) is 1. The SMILES string of the molecule is CCCCCCCCCCCCC/C=C/C(O)C(COC1OC(CO)C(O)C(OS(=O)(=O)[O-])C1O)NC(=O)CCCCCCCCCCCCCCCCCCCCCCC.[NH4+]. The number of hydrogen-bond donors (Lipinski definition) is 6. The van der Waals surface area contributed by atoms with Gasteiger partial charge in [-0.2, -0.15) is 0 Å². The van der Waals surface area contributed by atoms with E-state index in [0.717, 1.165) is 38.5 Å². The van der Waals surface area contributed by atoms with Gasteiger partial charge in [0, 0.05) is 6.42 Å². The molecule has 0 aromatic heterocycles. The van der Waals surface area contributed by atoms with Gasteiger partial charge in [0.1, 0.15) is 24.4 Å².